The molecule has 0 atom stereocenters. The maximum atomic E-state index is 11.8. The topological polar surface area (TPSA) is 57.8 Å². The summed E-state index contributed by atoms with van der Waals surface area (Å²) in [5.74, 6) is 0.329. The Bertz CT molecular complexity index is 347. The molecule has 0 aromatic carbocycles. The third-order valence-corrected chi connectivity index (χ3v) is 3.31. The Balaban J connectivity index is 2.40. The molecule has 96 valence electrons. The second-order valence-electron chi connectivity index (χ2n) is 4.47. The van der Waals surface area contributed by atoms with Gasteiger partial charge in [-0.3, -0.25) is 9.89 Å². The van der Waals surface area contributed by atoms with E-state index in [1.165, 1.54) is 5.56 Å². The van der Waals surface area contributed by atoms with Gasteiger partial charge in [0.25, 0.3) is 0 Å². The molecule has 0 unspecified atom stereocenters. The minimum Gasteiger partial charge on any atom is -0.356 e. The second-order valence-corrected chi connectivity index (χ2v) is 4.47. The van der Waals surface area contributed by atoms with E-state index in [1.54, 1.807) is 0 Å². The van der Waals surface area contributed by atoms with Crippen molar-refractivity contribution in [2.45, 2.75) is 47.0 Å². The van der Waals surface area contributed by atoms with Crippen molar-refractivity contribution in [1.29, 1.82) is 0 Å². The van der Waals surface area contributed by atoms with Crippen LogP contribution in [0.1, 0.15) is 43.6 Å². The molecule has 0 saturated carbocycles. The molecule has 2 N–H and O–H groups in total. The molecule has 1 amide bonds. The number of carbonyl (C=O) groups is 1. The molecule has 17 heavy (non-hydrogen) atoms. The summed E-state index contributed by atoms with van der Waals surface area (Å²) in [6.07, 6.45) is 2.66. The van der Waals surface area contributed by atoms with Gasteiger partial charge >= 0.3 is 0 Å². The van der Waals surface area contributed by atoms with Crippen LogP contribution in [0.25, 0.3) is 0 Å². The molecule has 0 aliphatic rings. The van der Waals surface area contributed by atoms with Crippen molar-refractivity contribution < 1.29 is 4.79 Å². The molecule has 1 heterocycles. The lowest BCUT2D eigenvalue weighted by Gasteiger charge is -2.12. The largest absolute Gasteiger partial charge is 0.356 e. The van der Waals surface area contributed by atoms with E-state index in [9.17, 15) is 4.79 Å². The molecule has 1 rings (SSSR count). The Hall–Kier alpha value is -1.32. The van der Waals surface area contributed by atoms with Gasteiger partial charge in [0, 0.05) is 18.2 Å². The number of aromatic nitrogens is 2. The summed E-state index contributed by atoms with van der Waals surface area (Å²) < 4.78 is 0. The molecule has 1 aromatic heterocycles. The average Bonchev–Trinajstić information content (AvgIpc) is 2.62. The van der Waals surface area contributed by atoms with Gasteiger partial charge in [-0.25, -0.2) is 0 Å². The molecule has 1 aromatic rings. The Morgan fingerprint density at radius 2 is 2.00 bits per heavy atom. The van der Waals surface area contributed by atoms with Crippen molar-refractivity contribution >= 4 is 5.91 Å². The number of rotatable bonds is 6. The van der Waals surface area contributed by atoms with Crippen molar-refractivity contribution in [1.82, 2.24) is 15.5 Å². The van der Waals surface area contributed by atoms with Gasteiger partial charge < -0.3 is 5.32 Å². The van der Waals surface area contributed by atoms with E-state index in [0.717, 1.165) is 30.7 Å². The number of H-pyrrole nitrogens is 1. The molecule has 4 heteroatoms. The lowest BCUT2D eigenvalue weighted by atomic mass is 10.0. The highest BCUT2D eigenvalue weighted by Gasteiger charge is 2.13. The highest BCUT2D eigenvalue weighted by atomic mass is 16.1. The number of hydrogen-bond donors (Lipinski definition) is 2. The van der Waals surface area contributed by atoms with Gasteiger partial charge in [-0.2, -0.15) is 5.10 Å². The van der Waals surface area contributed by atoms with Crippen LogP contribution < -0.4 is 5.32 Å². The van der Waals surface area contributed by atoms with Crippen LogP contribution in [0.3, 0.4) is 0 Å². The summed E-state index contributed by atoms with van der Waals surface area (Å²) in [7, 11) is 0. The standard InChI is InChI=1S/C13H23N3O/c1-5-11(6-2)13(17)14-8-7-12-9(3)15-16-10(12)4/h11H,5-8H2,1-4H3,(H,14,17)(H,15,16). The maximum Gasteiger partial charge on any atom is 0.223 e. The van der Waals surface area contributed by atoms with Gasteiger partial charge in [0.1, 0.15) is 0 Å². The van der Waals surface area contributed by atoms with Gasteiger partial charge in [0.15, 0.2) is 0 Å². The first-order chi connectivity index (χ1) is 8.10. The van der Waals surface area contributed by atoms with Gasteiger partial charge in [-0.05, 0) is 38.7 Å². The van der Waals surface area contributed by atoms with E-state index in [2.05, 4.69) is 29.4 Å². The predicted octanol–water partition coefficient (Wildman–Crippen LogP) is 2.12. The Kier molecular flexibility index (Phi) is 5.19. The van der Waals surface area contributed by atoms with Crippen molar-refractivity contribution in [2.75, 3.05) is 6.54 Å². The summed E-state index contributed by atoms with van der Waals surface area (Å²) in [4.78, 5) is 11.8. The summed E-state index contributed by atoms with van der Waals surface area (Å²) >= 11 is 0. The van der Waals surface area contributed by atoms with Crippen LogP contribution in [0.5, 0.6) is 0 Å². The molecule has 0 aliphatic carbocycles. The minimum atomic E-state index is 0.154. The highest BCUT2D eigenvalue weighted by molar-refractivity contribution is 5.78. The van der Waals surface area contributed by atoms with E-state index in [1.807, 2.05) is 13.8 Å². The van der Waals surface area contributed by atoms with Crippen LogP contribution in [0, 0.1) is 19.8 Å². The molecule has 0 aliphatic heterocycles. The van der Waals surface area contributed by atoms with Crippen molar-refractivity contribution in [3.63, 3.8) is 0 Å². The lowest BCUT2D eigenvalue weighted by Crippen LogP contribution is -2.31. The molecule has 0 bridgehead atoms. The van der Waals surface area contributed by atoms with Crippen LogP contribution in [0.15, 0.2) is 0 Å². The number of nitrogens with one attached hydrogen (secondary N) is 2. The molecule has 0 radical (unpaired) electrons. The number of hydrogen-bond acceptors (Lipinski definition) is 2. The minimum absolute atomic E-state index is 0.154. The monoisotopic (exact) mass is 237 g/mol. The van der Waals surface area contributed by atoms with Crippen LogP contribution in [-0.4, -0.2) is 22.6 Å². The fraction of sp³-hybridized carbons (Fsp3) is 0.692. The molecule has 0 spiro atoms. The zero-order valence-electron chi connectivity index (χ0n) is 11.3. The lowest BCUT2D eigenvalue weighted by molar-refractivity contribution is -0.125. The first-order valence-electron chi connectivity index (χ1n) is 6.38. The van der Waals surface area contributed by atoms with Crippen molar-refractivity contribution in [2.24, 2.45) is 5.92 Å². The molecular weight excluding hydrogens is 214 g/mol. The van der Waals surface area contributed by atoms with Gasteiger partial charge in [0.05, 0.1) is 5.69 Å². The third kappa shape index (κ3) is 3.58. The second kappa shape index (κ2) is 6.42. The number of nitrogens with zero attached hydrogens (tertiary/aromatic N) is 1. The van der Waals surface area contributed by atoms with Crippen molar-refractivity contribution in [3.8, 4) is 0 Å². The van der Waals surface area contributed by atoms with E-state index in [4.69, 9.17) is 0 Å². The SMILES string of the molecule is CCC(CC)C(=O)NCCc1c(C)n[nH]c1C. The van der Waals surface area contributed by atoms with Crippen LogP contribution in [-0.2, 0) is 11.2 Å². The van der Waals surface area contributed by atoms with E-state index in [-0.39, 0.29) is 11.8 Å². The Labute approximate surface area is 103 Å². The number of aryl methyl sites for hydroxylation is 2. The van der Waals surface area contributed by atoms with E-state index in [0.29, 0.717) is 6.54 Å². The summed E-state index contributed by atoms with van der Waals surface area (Å²) in [6.45, 7) is 8.80. The number of amides is 1. The van der Waals surface area contributed by atoms with E-state index >= 15 is 0 Å². The van der Waals surface area contributed by atoms with Gasteiger partial charge in [-0.15, -0.1) is 0 Å². The zero-order valence-corrected chi connectivity index (χ0v) is 11.3. The molecule has 0 saturated heterocycles. The summed E-state index contributed by atoms with van der Waals surface area (Å²) in [5, 5.41) is 10.1. The molecular formula is C13H23N3O. The van der Waals surface area contributed by atoms with Crippen molar-refractivity contribution in [3.05, 3.63) is 17.0 Å². The highest BCUT2D eigenvalue weighted by Crippen LogP contribution is 2.10. The first kappa shape index (κ1) is 13.7. The molecule has 0 fully saturated rings. The van der Waals surface area contributed by atoms with Gasteiger partial charge in [-0.1, -0.05) is 13.8 Å². The normalized spacial score (nSPS) is 10.9. The number of aromatic amines is 1. The first-order valence-corrected chi connectivity index (χ1v) is 6.38. The van der Waals surface area contributed by atoms with Crippen LogP contribution >= 0.6 is 0 Å². The molecule has 4 nitrogen and oxygen atoms in total. The quantitative estimate of drug-likeness (QED) is 0.796. The van der Waals surface area contributed by atoms with Crippen LogP contribution in [0.4, 0.5) is 0 Å². The van der Waals surface area contributed by atoms with E-state index < -0.39 is 0 Å². The van der Waals surface area contributed by atoms with Crippen LogP contribution in [0.2, 0.25) is 0 Å². The number of carbonyl (C=O) groups excluding carboxylic acids is 1. The average molecular weight is 237 g/mol. The smallest absolute Gasteiger partial charge is 0.223 e. The predicted molar refractivity (Wildman–Crippen MR) is 68.8 cm³/mol. The third-order valence-electron chi connectivity index (χ3n) is 3.31. The zero-order chi connectivity index (χ0) is 12.8. The Morgan fingerprint density at radius 1 is 1.35 bits per heavy atom. The Morgan fingerprint density at radius 3 is 2.47 bits per heavy atom. The maximum absolute atomic E-state index is 11.8. The summed E-state index contributed by atoms with van der Waals surface area (Å²) in [5.41, 5.74) is 3.34. The fourth-order valence-electron chi connectivity index (χ4n) is 2.06. The van der Waals surface area contributed by atoms with Gasteiger partial charge in [0.2, 0.25) is 5.91 Å². The fourth-order valence-corrected chi connectivity index (χ4v) is 2.06. The summed E-state index contributed by atoms with van der Waals surface area (Å²) in [6, 6.07) is 0.